The Labute approximate surface area is 155 Å². The lowest BCUT2D eigenvalue weighted by atomic mass is 10.3. The van der Waals surface area contributed by atoms with Crippen molar-refractivity contribution in [3.05, 3.63) is 48.5 Å². The normalized spacial score (nSPS) is 11.4. The van der Waals surface area contributed by atoms with Crippen molar-refractivity contribution in [3.8, 4) is 0 Å². The maximum Gasteiger partial charge on any atom is 0.394 e. The van der Waals surface area contributed by atoms with Crippen molar-refractivity contribution in [1.29, 1.82) is 0 Å². The zero-order valence-corrected chi connectivity index (χ0v) is 15.7. The van der Waals surface area contributed by atoms with Crippen molar-refractivity contribution in [2.75, 3.05) is 11.5 Å². The van der Waals surface area contributed by atoms with E-state index in [1.807, 2.05) is 0 Å². The van der Waals surface area contributed by atoms with Crippen molar-refractivity contribution in [2.24, 2.45) is 0 Å². The van der Waals surface area contributed by atoms with Gasteiger partial charge in [0.15, 0.2) is 0 Å². The molecule has 0 radical (unpaired) electrons. The first-order valence-corrected chi connectivity index (χ1v) is 10.6. The molecular formula is C12H16N2O10S3. The van der Waals surface area contributed by atoms with Gasteiger partial charge in [-0.2, -0.15) is 25.3 Å². The van der Waals surface area contributed by atoms with E-state index in [-0.39, 0.29) is 9.79 Å². The van der Waals surface area contributed by atoms with Gasteiger partial charge in [0, 0.05) is 11.4 Å². The van der Waals surface area contributed by atoms with E-state index in [0.717, 1.165) is 0 Å². The van der Waals surface area contributed by atoms with E-state index < -0.39 is 30.6 Å². The molecule has 0 aliphatic rings. The van der Waals surface area contributed by atoms with Crippen LogP contribution in [0.2, 0.25) is 0 Å². The summed E-state index contributed by atoms with van der Waals surface area (Å²) in [4.78, 5) is -0.366. The fourth-order valence-corrected chi connectivity index (χ4v) is 2.42. The van der Waals surface area contributed by atoms with Gasteiger partial charge in [-0.3, -0.25) is 18.2 Å². The van der Waals surface area contributed by atoms with Crippen LogP contribution in [0.5, 0.6) is 0 Å². The van der Waals surface area contributed by atoms with Crippen LogP contribution in [0, 0.1) is 0 Å². The minimum absolute atomic E-state index is 0.183. The SMILES string of the molecule is Nc1cccc(S(=O)(=O)O)c1.Nc1cccc(S(=O)(=O)O)c1.O=S(=O)(O)O. The largest absolute Gasteiger partial charge is 0.399 e. The summed E-state index contributed by atoms with van der Waals surface area (Å²) in [7, 11) is -12.9. The Morgan fingerprint density at radius 2 is 0.852 bits per heavy atom. The summed E-state index contributed by atoms with van der Waals surface area (Å²) in [6.07, 6.45) is 0. The Morgan fingerprint density at radius 3 is 1.00 bits per heavy atom. The van der Waals surface area contributed by atoms with Gasteiger partial charge >= 0.3 is 10.4 Å². The van der Waals surface area contributed by atoms with Crippen LogP contribution in [0.4, 0.5) is 11.4 Å². The smallest absolute Gasteiger partial charge is 0.394 e. The molecule has 0 aromatic heterocycles. The Hall–Kier alpha value is -2.27. The van der Waals surface area contributed by atoms with E-state index >= 15 is 0 Å². The first-order chi connectivity index (χ1) is 12.0. The fraction of sp³-hybridized carbons (Fsp3) is 0. The second-order valence-electron chi connectivity index (χ2n) is 4.54. The van der Waals surface area contributed by atoms with Gasteiger partial charge in [0.05, 0.1) is 9.79 Å². The Bertz CT molecular complexity index is 998. The van der Waals surface area contributed by atoms with Gasteiger partial charge in [0.2, 0.25) is 0 Å². The minimum Gasteiger partial charge on any atom is -0.399 e. The molecule has 0 saturated carbocycles. The summed E-state index contributed by atoms with van der Waals surface area (Å²) in [6, 6.07) is 10.9. The summed E-state index contributed by atoms with van der Waals surface area (Å²) in [6.45, 7) is 0. The highest BCUT2D eigenvalue weighted by molar-refractivity contribution is 7.86. The third-order valence-electron chi connectivity index (χ3n) is 2.31. The second kappa shape index (κ2) is 9.60. The molecule has 2 rings (SSSR count). The van der Waals surface area contributed by atoms with Crippen LogP contribution in [0.3, 0.4) is 0 Å². The molecule has 0 unspecified atom stereocenters. The molecule has 2 aromatic carbocycles. The predicted octanol–water partition coefficient (Wildman–Crippen LogP) is 0.378. The molecule has 0 atom stereocenters. The highest BCUT2D eigenvalue weighted by Gasteiger charge is 2.08. The lowest BCUT2D eigenvalue weighted by Crippen LogP contribution is -1.98. The van der Waals surface area contributed by atoms with Gasteiger partial charge in [0.1, 0.15) is 0 Å². The van der Waals surface area contributed by atoms with Gasteiger partial charge in [-0.05, 0) is 36.4 Å². The van der Waals surface area contributed by atoms with Gasteiger partial charge in [0.25, 0.3) is 20.2 Å². The maximum atomic E-state index is 10.5. The Morgan fingerprint density at radius 1 is 0.593 bits per heavy atom. The van der Waals surface area contributed by atoms with Crippen molar-refractivity contribution >= 4 is 42.0 Å². The third kappa shape index (κ3) is 12.7. The van der Waals surface area contributed by atoms with Crippen LogP contribution in [0.25, 0.3) is 0 Å². The number of benzene rings is 2. The summed E-state index contributed by atoms with van der Waals surface area (Å²) in [5, 5.41) is 0. The summed E-state index contributed by atoms with van der Waals surface area (Å²) < 4.78 is 90.6. The fourth-order valence-electron chi connectivity index (χ4n) is 1.35. The molecule has 152 valence electrons. The predicted molar refractivity (Wildman–Crippen MR) is 95.5 cm³/mol. The van der Waals surface area contributed by atoms with Crippen LogP contribution in [0.1, 0.15) is 0 Å². The van der Waals surface area contributed by atoms with E-state index in [9.17, 15) is 16.8 Å². The van der Waals surface area contributed by atoms with Gasteiger partial charge < -0.3 is 11.5 Å². The molecule has 15 heteroatoms. The molecular weight excluding hydrogens is 428 g/mol. The molecule has 0 aliphatic carbocycles. The van der Waals surface area contributed by atoms with Crippen molar-refractivity contribution in [1.82, 2.24) is 0 Å². The number of anilines is 2. The average Bonchev–Trinajstić information content (AvgIpc) is 2.44. The molecule has 0 amide bonds. The molecule has 0 aliphatic heterocycles. The summed E-state index contributed by atoms with van der Waals surface area (Å²) in [5.41, 5.74) is 11.2. The topological polar surface area (TPSA) is 235 Å². The van der Waals surface area contributed by atoms with Crippen LogP contribution in [-0.4, -0.2) is 43.5 Å². The molecule has 12 nitrogen and oxygen atoms in total. The van der Waals surface area contributed by atoms with E-state index in [1.165, 1.54) is 48.5 Å². The van der Waals surface area contributed by atoms with E-state index in [4.69, 9.17) is 38.1 Å². The Kier molecular flexibility index (Phi) is 8.80. The minimum atomic E-state index is -4.67. The zero-order valence-electron chi connectivity index (χ0n) is 13.2. The Balaban J connectivity index is 0.000000405. The number of hydrogen-bond donors (Lipinski definition) is 6. The highest BCUT2D eigenvalue weighted by atomic mass is 32.3. The molecule has 0 spiro atoms. The van der Waals surface area contributed by atoms with E-state index in [2.05, 4.69) is 0 Å². The van der Waals surface area contributed by atoms with Crippen LogP contribution in [-0.2, 0) is 30.6 Å². The number of nitrogens with two attached hydrogens (primary N) is 2. The van der Waals surface area contributed by atoms with E-state index in [0.29, 0.717) is 11.4 Å². The molecule has 2 aromatic rings. The number of rotatable bonds is 2. The molecule has 27 heavy (non-hydrogen) atoms. The van der Waals surface area contributed by atoms with Crippen molar-refractivity contribution < 1.29 is 43.5 Å². The van der Waals surface area contributed by atoms with Crippen molar-refractivity contribution in [2.45, 2.75) is 9.79 Å². The monoisotopic (exact) mass is 444 g/mol. The summed E-state index contributed by atoms with van der Waals surface area (Å²) in [5.74, 6) is 0. The van der Waals surface area contributed by atoms with Gasteiger partial charge in [-0.15, -0.1) is 0 Å². The van der Waals surface area contributed by atoms with E-state index in [1.54, 1.807) is 0 Å². The first-order valence-electron chi connectivity index (χ1n) is 6.36. The highest BCUT2D eigenvalue weighted by Crippen LogP contribution is 2.12. The van der Waals surface area contributed by atoms with Crippen LogP contribution < -0.4 is 11.5 Å². The molecule has 0 heterocycles. The maximum absolute atomic E-state index is 10.5. The van der Waals surface area contributed by atoms with Crippen LogP contribution in [0.15, 0.2) is 58.3 Å². The molecule has 8 N–H and O–H groups in total. The molecule has 0 saturated heterocycles. The lowest BCUT2D eigenvalue weighted by Gasteiger charge is -1.96. The number of hydrogen-bond acceptors (Lipinski definition) is 8. The summed E-state index contributed by atoms with van der Waals surface area (Å²) >= 11 is 0. The lowest BCUT2D eigenvalue weighted by molar-refractivity contribution is 0.380. The van der Waals surface area contributed by atoms with Gasteiger partial charge in [-0.25, -0.2) is 0 Å². The average molecular weight is 444 g/mol. The third-order valence-corrected chi connectivity index (χ3v) is 4.01. The van der Waals surface area contributed by atoms with Gasteiger partial charge in [-0.1, -0.05) is 12.1 Å². The first kappa shape index (κ1) is 24.7. The number of nitrogen functional groups attached to an aromatic ring is 2. The quantitative estimate of drug-likeness (QED) is 0.272. The molecule has 0 fully saturated rings. The van der Waals surface area contributed by atoms with Crippen LogP contribution >= 0.6 is 0 Å². The second-order valence-corrected chi connectivity index (χ2v) is 8.28. The standard InChI is InChI=1S/2C6H7NO3S.H2O4S/c2*7-5-2-1-3-6(4-5)11(8,9)10;1-5(2,3)4/h2*1-4H,7H2,(H,8,9,10);(H2,1,2,3,4). The molecule has 0 bridgehead atoms. The van der Waals surface area contributed by atoms with Crippen molar-refractivity contribution in [3.63, 3.8) is 0 Å². The zero-order chi connectivity index (χ0) is 21.5.